The summed E-state index contributed by atoms with van der Waals surface area (Å²) < 4.78 is 0. The van der Waals surface area contributed by atoms with Crippen LogP contribution in [0.3, 0.4) is 0 Å². The fourth-order valence-corrected chi connectivity index (χ4v) is 2.08. The number of nitrogens with one attached hydrogen (secondary N) is 1. The number of carbonyl (C=O) groups is 2. The van der Waals surface area contributed by atoms with Crippen LogP contribution in [0.25, 0.3) is 0 Å². The van der Waals surface area contributed by atoms with Gasteiger partial charge in [0.05, 0.1) is 0 Å². The normalized spacial score (nSPS) is 11.7. The van der Waals surface area contributed by atoms with Gasteiger partial charge < -0.3 is 20.6 Å². The molecule has 0 aliphatic heterocycles. The molecule has 0 aliphatic carbocycles. The average Bonchev–Trinajstić information content (AvgIpc) is 2.54. The molecule has 120 valence electrons. The van der Waals surface area contributed by atoms with Crippen LogP contribution >= 0.6 is 0 Å². The molecule has 0 spiro atoms. The molecule has 2 aromatic carbocycles. The zero-order valence-electron chi connectivity index (χ0n) is 12.3. The van der Waals surface area contributed by atoms with E-state index in [1.807, 2.05) is 30.3 Å². The highest BCUT2D eigenvalue weighted by Gasteiger charge is 2.21. The number of benzene rings is 2. The quantitative estimate of drug-likeness (QED) is 0.460. The van der Waals surface area contributed by atoms with Crippen molar-refractivity contribution in [3.8, 4) is 5.75 Å². The number of aliphatic hydroxyl groups is 1. The van der Waals surface area contributed by atoms with Crippen LogP contribution in [-0.4, -0.2) is 33.2 Å². The van der Waals surface area contributed by atoms with E-state index in [4.69, 9.17) is 5.11 Å². The number of rotatable bonds is 7. The lowest BCUT2D eigenvalue weighted by Crippen LogP contribution is -2.23. The summed E-state index contributed by atoms with van der Waals surface area (Å²) in [4.78, 5) is 22.8. The van der Waals surface area contributed by atoms with Crippen LogP contribution in [0.4, 0.5) is 5.69 Å². The maximum atomic E-state index is 12.2. The molecule has 4 N–H and O–H groups in total. The number of phenols is 1. The van der Waals surface area contributed by atoms with Gasteiger partial charge in [0.15, 0.2) is 11.9 Å². The molecule has 0 bridgehead atoms. The van der Waals surface area contributed by atoms with Crippen LogP contribution in [-0.2, 0) is 11.3 Å². The molecule has 0 saturated heterocycles. The van der Waals surface area contributed by atoms with Crippen molar-refractivity contribution in [2.45, 2.75) is 19.1 Å². The van der Waals surface area contributed by atoms with Gasteiger partial charge in [-0.15, -0.1) is 0 Å². The smallest absolute Gasteiger partial charge is 0.332 e. The molecule has 6 heteroatoms. The second-order valence-electron chi connectivity index (χ2n) is 5.05. The first-order valence-electron chi connectivity index (χ1n) is 7.02. The predicted octanol–water partition coefficient (Wildman–Crippen LogP) is 2.02. The largest absolute Gasteiger partial charge is 0.508 e. The molecule has 0 radical (unpaired) electrons. The van der Waals surface area contributed by atoms with E-state index >= 15 is 0 Å². The second-order valence-corrected chi connectivity index (χ2v) is 5.05. The number of aromatic hydroxyl groups is 1. The topological polar surface area (TPSA) is 107 Å². The fourth-order valence-electron chi connectivity index (χ4n) is 2.08. The van der Waals surface area contributed by atoms with Crippen molar-refractivity contribution >= 4 is 17.4 Å². The number of carboxylic acids is 1. The maximum Gasteiger partial charge on any atom is 0.332 e. The van der Waals surface area contributed by atoms with E-state index in [0.29, 0.717) is 12.2 Å². The minimum absolute atomic E-state index is 0.108. The van der Waals surface area contributed by atoms with Gasteiger partial charge in [-0.3, -0.25) is 4.79 Å². The van der Waals surface area contributed by atoms with Gasteiger partial charge in [-0.2, -0.15) is 0 Å². The van der Waals surface area contributed by atoms with Gasteiger partial charge >= 0.3 is 5.97 Å². The monoisotopic (exact) mass is 315 g/mol. The van der Waals surface area contributed by atoms with Gasteiger partial charge in [0, 0.05) is 24.2 Å². The molecule has 0 aliphatic rings. The molecule has 0 heterocycles. The molecule has 1 atom stereocenters. The van der Waals surface area contributed by atoms with E-state index in [9.17, 15) is 19.8 Å². The number of hydrogen-bond donors (Lipinski definition) is 4. The Morgan fingerprint density at radius 3 is 2.43 bits per heavy atom. The number of aliphatic carboxylic acids is 1. The number of Topliss-reactive ketones (excluding diaryl/α,β-unsaturated/α-hetero) is 1. The summed E-state index contributed by atoms with van der Waals surface area (Å²) in [5.41, 5.74) is 1.61. The van der Waals surface area contributed by atoms with E-state index in [1.54, 1.807) is 6.07 Å². The van der Waals surface area contributed by atoms with Crippen LogP contribution in [0.2, 0.25) is 0 Å². The van der Waals surface area contributed by atoms with Gasteiger partial charge in [-0.25, -0.2) is 4.79 Å². The third kappa shape index (κ3) is 4.55. The van der Waals surface area contributed by atoms with Gasteiger partial charge in [0.2, 0.25) is 0 Å². The van der Waals surface area contributed by atoms with E-state index in [-0.39, 0.29) is 11.3 Å². The Labute approximate surface area is 133 Å². The first-order valence-corrected chi connectivity index (χ1v) is 7.02. The van der Waals surface area contributed by atoms with Crippen LogP contribution in [0.5, 0.6) is 5.75 Å². The van der Waals surface area contributed by atoms with Crippen LogP contribution in [0.15, 0.2) is 48.5 Å². The molecular formula is C17H17NO5. The predicted molar refractivity (Wildman–Crippen MR) is 84.5 cm³/mol. The van der Waals surface area contributed by atoms with Gasteiger partial charge in [-0.1, -0.05) is 30.3 Å². The van der Waals surface area contributed by atoms with Crippen molar-refractivity contribution in [3.05, 3.63) is 59.7 Å². The Morgan fingerprint density at radius 2 is 1.78 bits per heavy atom. The van der Waals surface area contributed by atoms with E-state index in [0.717, 1.165) is 5.56 Å². The number of carboxylic acid groups (broad SMARTS) is 1. The summed E-state index contributed by atoms with van der Waals surface area (Å²) in [7, 11) is 0. The molecular weight excluding hydrogens is 298 g/mol. The molecule has 0 fully saturated rings. The summed E-state index contributed by atoms with van der Waals surface area (Å²) in [6, 6.07) is 13.7. The van der Waals surface area contributed by atoms with Gasteiger partial charge in [0.1, 0.15) is 5.75 Å². The molecule has 23 heavy (non-hydrogen) atoms. The molecule has 2 aromatic rings. The molecule has 2 rings (SSSR count). The van der Waals surface area contributed by atoms with Crippen LogP contribution < -0.4 is 5.32 Å². The molecule has 0 aromatic heterocycles. The number of hydrogen-bond acceptors (Lipinski definition) is 5. The highest BCUT2D eigenvalue weighted by molar-refractivity contribution is 6.03. The number of carbonyl (C=O) groups excluding carboxylic acids is 1. The Morgan fingerprint density at radius 1 is 1.09 bits per heavy atom. The minimum Gasteiger partial charge on any atom is -0.508 e. The first kappa shape index (κ1) is 16.5. The first-order chi connectivity index (χ1) is 11.0. The number of anilines is 1. The molecule has 0 saturated carbocycles. The third-order valence-electron chi connectivity index (χ3n) is 3.29. The van der Waals surface area contributed by atoms with Crippen molar-refractivity contribution in [1.29, 1.82) is 0 Å². The van der Waals surface area contributed by atoms with E-state index in [1.165, 1.54) is 12.1 Å². The zero-order valence-corrected chi connectivity index (χ0v) is 12.3. The summed E-state index contributed by atoms with van der Waals surface area (Å²) in [6.07, 6.45) is -2.33. The summed E-state index contributed by atoms with van der Waals surface area (Å²) >= 11 is 0. The second kappa shape index (κ2) is 7.42. The summed E-state index contributed by atoms with van der Waals surface area (Å²) in [5.74, 6) is -2.13. The molecule has 0 unspecified atom stereocenters. The lowest BCUT2D eigenvalue weighted by Gasteiger charge is -2.13. The van der Waals surface area contributed by atoms with Crippen molar-refractivity contribution in [2.24, 2.45) is 0 Å². The Balaban J connectivity index is 2.16. The van der Waals surface area contributed by atoms with Crippen molar-refractivity contribution < 1.29 is 24.9 Å². The van der Waals surface area contributed by atoms with Gasteiger partial charge in [-0.05, 0) is 23.8 Å². The standard InChI is InChI=1S/C17H17NO5/c19-12-6-7-14(18-10-11-4-2-1-3-5-11)13(8-12)15(20)9-16(21)17(22)23/h1-8,16,18-19,21H,9-10H2,(H,22,23)/t16-/m0/s1. The number of phenolic OH excluding ortho intramolecular Hbond substituents is 1. The highest BCUT2D eigenvalue weighted by atomic mass is 16.4. The Hall–Kier alpha value is -2.86. The minimum atomic E-state index is -1.77. The highest BCUT2D eigenvalue weighted by Crippen LogP contribution is 2.24. The third-order valence-corrected chi connectivity index (χ3v) is 3.29. The van der Waals surface area contributed by atoms with Crippen molar-refractivity contribution in [3.63, 3.8) is 0 Å². The van der Waals surface area contributed by atoms with Crippen LogP contribution in [0, 0.1) is 0 Å². The molecule has 6 nitrogen and oxygen atoms in total. The summed E-state index contributed by atoms with van der Waals surface area (Å²) in [5, 5.41) is 30.6. The van der Waals surface area contributed by atoms with Crippen molar-refractivity contribution in [2.75, 3.05) is 5.32 Å². The fraction of sp³-hybridized carbons (Fsp3) is 0.176. The number of ketones is 1. The lowest BCUT2D eigenvalue weighted by atomic mass is 10.0. The average molecular weight is 315 g/mol. The van der Waals surface area contributed by atoms with Crippen LogP contribution in [0.1, 0.15) is 22.3 Å². The lowest BCUT2D eigenvalue weighted by molar-refractivity contribution is -0.146. The maximum absolute atomic E-state index is 12.2. The van der Waals surface area contributed by atoms with E-state index < -0.39 is 24.3 Å². The molecule has 0 amide bonds. The van der Waals surface area contributed by atoms with Crippen molar-refractivity contribution in [1.82, 2.24) is 0 Å². The Bertz CT molecular complexity index is 699. The number of aliphatic hydroxyl groups excluding tert-OH is 1. The van der Waals surface area contributed by atoms with Gasteiger partial charge in [0.25, 0.3) is 0 Å². The zero-order chi connectivity index (χ0) is 16.8. The SMILES string of the molecule is O=C(C[C@H](O)C(=O)O)c1cc(O)ccc1NCc1ccccc1. The Kier molecular flexibility index (Phi) is 5.32. The summed E-state index contributed by atoms with van der Waals surface area (Å²) in [6.45, 7) is 0.466. The van der Waals surface area contributed by atoms with E-state index in [2.05, 4.69) is 5.32 Å².